The van der Waals surface area contributed by atoms with Gasteiger partial charge in [0.05, 0.1) is 10.9 Å². The minimum absolute atomic E-state index is 0.175. The smallest absolute Gasteiger partial charge is 0.270 e. The molecule has 0 aliphatic carbocycles. The van der Waals surface area contributed by atoms with E-state index in [9.17, 15) is 4.79 Å². The molecule has 1 unspecified atom stereocenters. The number of carbonyl (C=O) groups excluding carboxylic acids is 1. The fourth-order valence-electron chi connectivity index (χ4n) is 2.55. The molecule has 0 bridgehead atoms. The number of thiophene rings is 1. The molecule has 8 heteroatoms. The van der Waals surface area contributed by atoms with Crippen LogP contribution in [0.3, 0.4) is 0 Å². The standard InChI is InChI=1S/C16H20N6OS/c1-4-7-22-15(17-10-18-22)11(2)19-16(23)13-9-12(20-21(13)3)14-6-5-8-24-14/h5-6,8-11H,4,7H2,1-3H3,(H,19,23). The van der Waals surface area contributed by atoms with Crippen molar-refractivity contribution in [3.63, 3.8) is 0 Å². The van der Waals surface area contributed by atoms with Gasteiger partial charge in [-0.05, 0) is 30.9 Å². The maximum Gasteiger partial charge on any atom is 0.270 e. The van der Waals surface area contributed by atoms with Crippen molar-refractivity contribution in [2.45, 2.75) is 32.9 Å². The summed E-state index contributed by atoms with van der Waals surface area (Å²) < 4.78 is 3.43. The SMILES string of the molecule is CCCn1ncnc1C(C)NC(=O)c1cc(-c2cccs2)nn1C. The number of amides is 1. The van der Waals surface area contributed by atoms with Gasteiger partial charge in [-0.2, -0.15) is 10.2 Å². The van der Waals surface area contributed by atoms with E-state index in [-0.39, 0.29) is 11.9 Å². The lowest BCUT2D eigenvalue weighted by atomic mass is 10.2. The fourth-order valence-corrected chi connectivity index (χ4v) is 3.23. The monoisotopic (exact) mass is 344 g/mol. The number of rotatable bonds is 6. The Kier molecular flexibility index (Phi) is 4.75. The lowest BCUT2D eigenvalue weighted by molar-refractivity contribution is 0.0928. The van der Waals surface area contributed by atoms with Gasteiger partial charge in [-0.1, -0.05) is 13.0 Å². The van der Waals surface area contributed by atoms with Crippen LogP contribution in [0.25, 0.3) is 10.6 Å². The summed E-state index contributed by atoms with van der Waals surface area (Å²) in [6.07, 6.45) is 2.48. The highest BCUT2D eigenvalue weighted by Gasteiger charge is 2.20. The summed E-state index contributed by atoms with van der Waals surface area (Å²) in [6.45, 7) is 4.77. The van der Waals surface area contributed by atoms with Crippen LogP contribution in [0.1, 0.15) is 42.6 Å². The van der Waals surface area contributed by atoms with Gasteiger partial charge >= 0.3 is 0 Å². The molecule has 24 heavy (non-hydrogen) atoms. The van der Waals surface area contributed by atoms with E-state index in [1.54, 1.807) is 23.1 Å². The minimum atomic E-state index is -0.230. The van der Waals surface area contributed by atoms with E-state index < -0.39 is 0 Å². The maximum atomic E-state index is 12.6. The Bertz CT molecular complexity index is 820. The van der Waals surface area contributed by atoms with Crippen molar-refractivity contribution in [2.24, 2.45) is 7.05 Å². The van der Waals surface area contributed by atoms with E-state index in [4.69, 9.17) is 0 Å². The largest absolute Gasteiger partial charge is 0.341 e. The first-order valence-electron chi connectivity index (χ1n) is 7.86. The number of aryl methyl sites for hydroxylation is 2. The molecule has 0 aromatic carbocycles. The summed E-state index contributed by atoms with van der Waals surface area (Å²) in [6, 6.07) is 5.54. The van der Waals surface area contributed by atoms with Gasteiger partial charge in [0.1, 0.15) is 23.5 Å². The molecule has 0 aliphatic rings. The Morgan fingerprint density at radius 2 is 2.29 bits per heavy atom. The number of aromatic nitrogens is 5. The Morgan fingerprint density at radius 3 is 3.00 bits per heavy atom. The van der Waals surface area contributed by atoms with Crippen molar-refractivity contribution in [1.29, 1.82) is 0 Å². The van der Waals surface area contributed by atoms with Crippen LogP contribution >= 0.6 is 11.3 Å². The van der Waals surface area contributed by atoms with E-state index in [1.165, 1.54) is 6.33 Å². The number of carbonyl (C=O) groups is 1. The minimum Gasteiger partial charge on any atom is -0.341 e. The lowest BCUT2D eigenvalue weighted by Crippen LogP contribution is -2.30. The predicted molar refractivity (Wildman–Crippen MR) is 92.7 cm³/mol. The third-order valence-corrected chi connectivity index (χ3v) is 4.59. The number of nitrogens with one attached hydrogen (secondary N) is 1. The third kappa shape index (κ3) is 3.23. The molecule has 3 rings (SSSR count). The maximum absolute atomic E-state index is 12.6. The Labute approximate surface area is 144 Å². The average Bonchev–Trinajstić information content (AvgIpc) is 3.26. The topological polar surface area (TPSA) is 77.6 Å². The number of hydrogen-bond donors (Lipinski definition) is 1. The quantitative estimate of drug-likeness (QED) is 0.746. The van der Waals surface area contributed by atoms with Crippen LogP contribution in [0.5, 0.6) is 0 Å². The molecule has 126 valence electrons. The van der Waals surface area contributed by atoms with Gasteiger partial charge in [0.15, 0.2) is 0 Å². The number of hydrogen-bond acceptors (Lipinski definition) is 5. The zero-order chi connectivity index (χ0) is 17.1. The molecule has 3 aromatic rings. The van der Waals surface area contributed by atoms with Crippen molar-refractivity contribution >= 4 is 17.2 Å². The third-order valence-electron chi connectivity index (χ3n) is 3.70. The molecule has 0 radical (unpaired) electrons. The van der Waals surface area contributed by atoms with Crippen molar-refractivity contribution in [3.8, 4) is 10.6 Å². The van der Waals surface area contributed by atoms with Crippen LogP contribution in [0.4, 0.5) is 0 Å². The average molecular weight is 344 g/mol. The summed E-state index contributed by atoms with van der Waals surface area (Å²) >= 11 is 1.60. The molecule has 0 fully saturated rings. The summed E-state index contributed by atoms with van der Waals surface area (Å²) in [5, 5.41) is 13.6. The van der Waals surface area contributed by atoms with Crippen LogP contribution in [0, 0.1) is 0 Å². The summed E-state index contributed by atoms with van der Waals surface area (Å²) in [7, 11) is 1.77. The first-order chi connectivity index (χ1) is 11.6. The van der Waals surface area contributed by atoms with E-state index >= 15 is 0 Å². The highest BCUT2D eigenvalue weighted by molar-refractivity contribution is 7.13. The molecule has 0 aliphatic heterocycles. The summed E-state index contributed by atoms with van der Waals surface area (Å²) in [5.74, 6) is 0.581. The Morgan fingerprint density at radius 1 is 1.46 bits per heavy atom. The molecule has 1 N–H and O–H groups in total. The summed E-state index contributed by atoms with van der Waals surface area (Å²) in [4.78, 5) is 17.9. The molecule has 7 nitrogen and oxygen atoms in total. The second kappa shape index (κ2) is 6.96. The van der Waals surface area contributed by atoms with E-state index in [1.807, 2.05) is 35.2 Å². The normalized spacial score (nSPS) is 12.3. The lowest BCUT2D eigenvalue weighted by Gasteiger charge is -2.14. The van der Waals surface area contributed by atoms with E-state index in [0.29, 0.717) is 5.69 Å². The number of nitrogens with zero attached hydrogens (tertiary/aromatic N) is 5. The molecular formula is C16H20N6OS. The van der Waals surface area contributed by atoms with Crippen LogP contribution in [-0.4, -0.2) is 30.5 Å². The molecule has 0 spiro atoms. The van der Waals surface area contributed by atoms with E-state index in [2.05, 4.69) is 27.4 Å². The molecule has 0 saturated heterocycles. The molecule has 3 aromatic heterocycles. The first-order valence-corrected chi connectivity index (χ1v) is 8.74. The van der Waals surface area contributed by atoms with Crippen LogP contribution in [0.2, 0.25) is 0 Å². The van der Waals surface area contributed by atoms with Gasteiger partial charge in [-0.15, -0.1) is 11.3 Å². The molecule has 1 amide bonds. The Hall–Kier alpha value is -2.48. The zero-order valence-electron chi connectivity index (χ0n) is 13.9. The second-order valence-corrected chi connectivity index (χ2v) is 6.50. The fraction of sp³-hybridized carbons (Fsp3) is 0.375. The van der Waals surface area contributed by atoms with Gasteiger partial charge in [0.2, 0.25) is 0 Å². The predicted octanol–water partition coefficient (Wildman–Crippen LogP) is 2.64. The molecule has 3 heterocycles. The first kappa shape index (κ1) is 16.4. The van der Waals surface area contributed by atoms with Gasteiger partial charge in [-0.25, -0.2) is 9.67 Å². The van der Waals surface area contributed by atoms with Crippen LogP contribution < -0.4 is 5.32 Å². The van der Waals surface area contributed by atoms with Gasteiger partial charge < -0.3 is 5.32 Å². The second-order valence-electron chi connectivity index (χ2n) is 5.55. The highest BCUT2D eigenvalue weighted by atomic mass is 32.1. The van der Waals surface area contributed by atoms with Crippen molar-refractivity contribution < 1.29 is 4.79 Å². The Balaban J connectivity index is 1.76. The molecular weight excluding hydrogens is 324 g/mol. The van der Waals surface area contributed by atoms with Crippen molar-refractivity contribution in [3.05, 3.63) is 41.4 Å². The van der Waals surface area contributed by atoms with Gasteiger partial charge in [0.25, 0.3) is 5.91 Å². The molecule has 0 saturated carbocycles. The van der Waals surface area contributed by atoms with Crippen LogP contribution in [-0.2, 0) is 13.6 Å². The zero-order valence-corrected chi connectivity index (χ0v) is 14.7. The van der Waals surface area contributed by atoms with Gasteiger partial charge in [0, 0.05) is 13.6 Å². The van der Waals surface area contributed by atoms with Crippen molar-refractivity contribution in [2.75, 3.05) is 0 Å². The molecule has 1 atom stereocenters. The van der Waals surface area contributed by atoms with Gasteiger partial charge in [-0.3, -0.25) is 9.48 Å². The van der Waals surface area contributed by atoms with E-state index in [0.717, 1.165) is 29.4 Å². The van der Waals surface area contributed by atoms with Crippen molar-refractivity contribution in [1.82, 2.24) is 29.9 Å². The highest BCUT2D eigenvalue weighted by Crippen LogP contribution is 2.24. The van der Waals surface area contributed by atoms with Crippen LogP contribution in [0.15, 0.2) is 29.9 Å². The summed E-state index contributed by atoms with van der Waals surface area (Å²) in [5.41, 5.74) is 1.33.